The largest absolute Gasteiger partial charge is 0.497 e. The number of para-hydroxylation sites is 1. The number of primary amides is 1. The molecule has 24 heavy (non-hydrogen) atoms. The molecule has 0 atom stereocenters. The molecule has 0 fully saturated rings. The van der Waals surface area contributed by atoms with E-state index in [-0.39, 0.29) is 17.9 Å². The van der Waals surface area contributed by atoms with Gasteiger partial charge in [-0.1, -0.05) is 12.1 Å². The van der Waals surface area contributed by atoms with Crippen molar-refractivity contribution in [2.45, 2.75) is 6.42 Å². The van der Waals surface area contributed by atoms with Crippen molar-refractivity contribution in [3.63, 3.8) is 0 Å². The van der Waals surface area contributed by atoms with E-state index in [9.17, 15) is 9.59 Å². The van der Waals surface area contributed by atoms with E-state index < -0.39 is 5.91 Å². The van der Waals surface area contributed by atoms with E-state index in [1.54, 1.807) is 43.7 Å². The molecule has 3 rings (SSSR count). The van der Waals surface area contributed by atoms with E-state index in [2.05, 4.69) is 5.32 Å². The lowest BCUT2D eigenvalue weighted by molar-refractivity contribution is -0.115. The van der Waals surface area contributed by atoms with Gasteiger partial charge in [-0.05, 0) is 24.3 Å². The van der Waals surface area contributed by atoms with E-state index >= 15 is 0 Å². The molecule has 0 aliphatic rings. The Morgan fingerprint density at radius 2 is 2.00 bits per heavy atom. The van der Waals surface area contributed by atoms with E-state index in [1.807, 2.05) is 12.1 Å². The summed E-state index contributed by atoms with van der Waals surface area (Å²) in [4.78, 5) is 23.7. The standard InChI is InChI=1S/C18H16N2O4/c1-23-12-6-7-13-11(10-24-16(13)9-12)8-17(21)20-15-5-3-2-4-14(15)18(19)22/h2-7,9-10H,8H2,1H3,(H2,19,22)(H,20,21). The number of amides is 2. The molecule has 122 valence electrons. The Bertz CT molecular complexity index is 914. The molecule has 0 spiro atoms. The maximum atomic E-state index is 12.3. The predicted molar refractivity (Wildman–Crippen MR) is 90.1 cm³/mol. The van der Waals surface area contributed by atoms with Crippen LogP contribution in [0.25, 0.3) is 11.0 Å². The fourth-order valence-electron chi connectivity index (χ4n) is 2.50. The minimum Gasteiger partial charge on any atom is -0.497 e. The first-order valence-electron chi connectivity index (χ1n) is 7.31. The van der Waals surface area contributed by atoms with Crippen LogP contribution in [0.4, 0.5) is 5.69 Å². The predicted octanol–water partition coefficient (Wildman–Crippen LogP) is 2.72. The Hall–Kier alpha value is -3.28. The molecule has 2 aromatic carbocycles. The number of carbonyl (C=O) groups excluding carboxylic acids is 2. The van der Waals surface area contributed by atoms with Crippen molar-refractivity contribution in [3.05, 3.63) is 59.9 Å². The highest BCUT2D eigenvalue weighted by molar-refractivity contribution is 6.03. The summed E-state index contributed by atoms with van der Waals surface area (Å²) in [6.07, 6.45) is 1.66. The van der Waals surface area contributed by atoms with Crippen molar-refractivity contribution < 1.29 is 18.7 Å². The van der Waals surface area contributed by atoms with Gasteiger partial charge in [-0.25, -0.2) is 0 Å². The number of rotatable bonds is 5. The Labute approximate surface area is 138 Å². The normalized spacial score (nSPS) is 10.5. The van der Waals surface area contributed by atoms with Gasteiger partial charge in [0.1, 0.15) is 11.3 Å². The smallest absolute Gasteiger partial charge is 0.250 e. The average Bonchev–Trinajstić information content (AvgIpc) is 2.97. The van der Waals surface area contributed by atoms with Crippen LogP contribution in [0.15, 0.2) is 53.1 Å². The second-order valence-corrected chi connectivity index (χ2v) is 5.26. The SMILES string of the molecule is COc1ccc2c(CC(=O)Nc3ccccc3C(N)=O)coc2c1. The van der Waals surface area contributed by atoms with Gasteiger partial charge in [0, 0.05) is 17.0 Å². The molecule has 0 aliphatic heterocycles. The maximum absolute atomic E-state index is 12.3. The van der Waals surface area contributed by atoms with Crippen molar-refractivity contribution in [2.24, 2.45) is 5.73 Å². The van der Waals surface area contributed by atoms with Crippen molar-refractivity contribution >= 4 is 28.5 Å². The number of nitrogens with one attached hydrogen (secondary N) is 1. The number of furan rings is 1. The summed E-state index contributed by atoms with van der Waals surface area (Å²) < 4.78 is 10.6. The highest BCUT2D eigenvalue weighted by atomic mass is 16.5. The molecular weight excluding hydrogens is 308 g/mol. The maximum Gasteiger partial charge on any atom is 0.250 e. The number of methoxy groups -OCH3 is 1. The molecule has 1 heterocycles. The number of hydrogen-bond donors (Lipinski definition) is 2. The molecule has 0 radical (unpaired) electrons. The van der Waals surface area contributed by atoms with Crippen molar-refractivity contribution in [3.8, 4) is 5.75 Å². The zero-order chi connectivity index (χ0) is 17.1. The molecule has 0 unspecified atom stereocenters. The van der Waals surface area contributed by atoms with E-state index in [0.717, 1.165) is 10.9 Å². The molecule has 6 heteroatoms. The summed E-state index contributed by atoms with van der Waals surface area (Å²) in [5.41, 5.74) is 7.37. The Morgan fingerprint density at radius 1 is 1.21 bits per heavy atom. The van der Waals surface area contributed by atoms with Gasteiger partial charge in [0.2, 0.25) is 5.91 Å². The average molecular weight is 324 g/mol. The Morgan fingerprint density at radius 3 is 2.75 bits per heavy atom. The summed E-state index contributed by atoms with van der Waals surface area (Å²) in [7, 11) is 1.58. The molecule has 3 aromatic rings. The number of nitrogens with two attached hydrogens (primary N) is 1. The van der Waals surface area contributed by atoms with Gasteiger partial charge in [0.05, 0.1) is 31.0 Å². The third-order valence-electron chi connectivity index (χ3n) is 3.68. The van der Waals surface area contributed by atoms with Gasteiger partial charge in [-0.15, -0.1) is 0 Å². The molecule has 6 nitrogen and oxygen atoms in total. The van der Waals surface area contributed by atoms with Crippen LogP contribution in [0.5, 0.6) is 5.75 Å². The topological polar surface area (TPSA) is 94.6 Å². The first-order valence-corrected chi connectivity index (χ1v) is 7.31. The molecule has 0 saturated heterocycles. The monoisotopic (exact) mass is 324 g/mol. The summed E-state index contributed by atoms with van der Waals surface area (Å²) in [5.74, 6) is -0.169. The minimum atomic E-state index is -0.591. The molecule has 2 amide bonds. The lowest BCUT2D eigenvalue weighted by Gasteiger charge is -2.08. The van der Waals surface area contributed by atoms with Crippen LogP contribution in [0.3, 0.4) is 0 Å². The highest BCUT2D eigenvalue weighted by Crippen LogP contribution is 2.26. The van der Waals surface area contributed by atoms with Crippen molar-refractivity contribution in [1.82, 2.24) is 0 Å². The van der Waals surface area contributed by atoms with Gasteiger partial charge in [-0.3, -0.25) is 9.59 Å². The Balaban J connectivity index is 1.80. The molecule has 1 aromatic heterocycles. The third-order valence-corrected chi connectivity index (χ3v) is 3.68. The first kappa shape index (κ1) is 15.6. The van der Waals surface area contributed by atoms with Crippen molar-refractivity contribution in [1.29, 1.82) is 0 Å². The number of anilines is 1. The van der Waals surface area contributed by atoms with Crippen LogP contribution in [0, 0.1) is 0 Å². The number of ether oxygens (including phenoxy) is 1. The van der Waals surface area contributed by atoms with Gasteiger partial charge in [0.15, 0.2) is 0 Å². The zero-order valence-corrected chi connectivity index (χ0v) is 13.0. The van der Waals surface area contributed by atoms with Crippen LogP contribution in [0.1, 0.15) is 15.9 Å². The van der Waals surface area contributed by atoms with E-state index in [1.165, 1.54) is 0 Å². The summed E-state index contributed by atoms with van der Waals surface area (Å²) in [6, 6.07) is 12.0. The molecule has 0 aliphatic carbocycles. The fourth-order valence-corrected chi connectivity index (χ4v) is 2.50. The molecule has 3 N–H and O–H groups in total. The van der Waals surface area contributed by atoms with Crippen LogP contribution < -0.4 is 15.8 Å². The van der Waals surface area contributed by atoms with E-state index in [4.69, 9.17) is 14.9 Å². The molecular formula is C18H16N2O4. The summed E-state index contributed by atoms with van der Waals surface area (Å²) >= 11 is 0. The minimum absolute atomic E-state index is 0.117. The fraction of sp³-hybridized carbons (Fsp3) is 0.111. The van der Waals surface area contributed by atoms with Gasteiger partial charge in [-0.2, -0.15) is 0 Å². The number of hydrogen-bond acceptors (Lipinski definition) is 4. The number of benzene rings is 2. The lowest BCUT2D eigenvalue weighted by atomic mass is 10.1. The van der Waals surface area contributed by atoms with Crippen LogP contribution >= 0.6 is 0 Å². The van der Waals surface area contributed by atoms with E-state index in [0.29, 0.717) is 17.0 Å². The van der Waals surface area contributed by atoms with Gasteiger partial charge >= 0.3 is 0 Å². The quantitative estimate of drug-likeness (QED) is 0.754. The highest BCUT2D eigenvalue weighted by Gasteiger charge is 2.14. The third kappa shape index (κ3) is 3.08. The zero-order valence-electron chi connectivity index (χ0n) is 13.0. The second-order valence-electron chi connectivity index (χ2n) is 5.26. The first-order chi connectivity index (χ1) is 11.6. The van der Waals surface area contributed by atoms with Crippen LogP contribution in [-0.4, -0.2) is 18.9 Å². The summed E-state index contributed by atoms with van der Waals surface area (Å²) in [6.45, 7) is 0. The summed E-state index contributed by atoms with van der Waals surface area (Å²) in [5, 5.41) is 3.55. The van der Waals surface area contributed by atoms with Crippen LogP contribution in [-0.2, 0) is 11.2 Å². The number of fused-ring (bicyclic) bond motifs is 1. The second kappa shape index (κ2) is 6.45. The van der Waals surface area contributed by atoms with Gasteiger partial charge in [0.25, 0.3) is 5.91 Å². The molecule has 0 bridgehead atoms. The number of carbonyl (C=O) groups is 2. The molecule has 0 saturated carbocycles. The van der Waals surface area contributed by atoms with Crippen molar-refractivity contribution in [2.75, 3.05) is 12.4 Å². The Kier molecular flexibility index (Phi) is 4.20. The van der Waals surface area contributed by atoms with Crippen LogP contribution in [0.2, 0.25) is 0 Å². The van der Waals surface area contributed by atoms with Gasteiger partial charge < -0.3 is 20.2 Å². The lowest BCUT2D eigenvalue weighted by Crippen LogP contribution is -2.19.